The summed E-state index contributed by atoms with van der Waals surface area (Å²) in [5, 5.41) is 18.1. The molecule has 0 amide bonds. The smallest absolute Gasteiger partial charge is 0.270 e. The van der Waals surface area contributed by atoms with E-state index < -0.39 is 4.92 Å². The van der Waals surface area contributed by atoms with E-state index in [0.717, 1.165) is 17.9 Å². The van der Waals surface area contributed by atoms with Gasteiger partial charge in [0.2, 0.25) is 0 Å². The van der Waals surface area contributed by atoms with E-state index in [1.807, 2.05) is 17.7 Å². The molecule has 0 aliphatic rings. The Morgan fingerprint density at radius 1 is 1.47 bits per heavy atom. The second kappa shape index (κ2) is 5.83. The zero-order valence-corrected chi connectivity index (χ0v) is 11.9. The van der Waals surface area contributed by atoms with Gasteiger partial charge in [-0.1, -0.05) is 0 Å². The molecule has 0 saturated carbocycles. The molecule has 2 aromatic rings. The molecule has 2 rings (SSSR count). The quantitative estimate of drug-likeness (QED) is 0.677. The third kappa shape index (κ3) is 3.11. The molecule has 7 heteroatoms. The maximum atomic E-state index is 10.6. The Balaban J connectivity index is 2.10. The fourth-order valence-electron chi connectivity index (χ4n) is 1.74. The van der Waals surface area contributed by atoms with Crippen LogP contribution in [0.25, 0.3) is 0 Å². The topological polar surface area (TPSA) is 73.0 Å². The van der Waals surface area contributed by atoms with Crippen molar-refractivity contribution in [3.8, 4) is 0 Å². The van der Waals surface area contributed by atoms with Gasteiger partial charge >= 0.3 is 0 Å². The summed E-state index contributed by atoms with van der Waals surface area (Å²) in [5.74, 6) is 0. The first-order valence-electron chi connectivity index (χ1n) is 5.80. The third-order valence-electron chi connectivity index (χ3n) is 2.73. The number of nitrogens with one attached hydrogen (secondary N) is 1. The third-order valence-corrected chi connectivity index (χ3v) is 3.38. The molecule has 0 saturated heterocycles. The SMILES string of the molecule is CCn1nccc1CNc1ccc([N+](=O)[O-])cc1Br. The van der Waals surface area contributed by atoms with Crippen molar-refractivity contribution in [2.45, 2.75) is 20.0 Å². The van der Waals surface area contributed by atoms with E-state index >= 15 is 0 Å². The number of halogens is 1. The number of non-ortho nitro benzene ring substituents is 1. The minimum atomic E-state index is -0.416. The zero-order valence-electron chi connectivity index (χ0n) is 10.3. The molecule has 0 atom stereocenters. The lowest BCUT2D eigenvalue weighted by atomic mass is 10.3. The molecule has 0 aliphatic heterocycles. The lowest BCUT2D eigenvalue weighted by Gasteiger charge is -2.09. The van der Waals surface area contributed by atoms with Gasteiger partial charge < -0.3 is 5.32 Å². The predicted molar refractivity (Wildman–Crippen MR) is 76.0 cm³/mol. The van der Waals surface area contributed by atoms with Crippen LogP contribution < -0.4 is 5.32 Å². The van der Waals surface area contributed by atoms with Crippen LogP contribution in [0.4, 0.5) is 11.4 Å². The first-order valence-corrected chi connectivity index (χ1v) is 6.59. The van der Waals surface area contributed by atoms with Crippen molar-refractivity contribution in [2.24, 2.45) is 0 Å². The minimum Gasteiger partial charge on any atom is -0.378 e. The number of nitro benzene ring substituents is 1. The monoisotopic (exact) mass is 324 g/mol. The van der Waals surface area contributed by atoms with Crippen LogP contribution >= 0.6 is 15.9 Å². The zero-order chi connectivity index (χ0) is 13.8. The number of rotatable bonds is 5. The Labute approximate surface area is 118 Å². The normalized spacial score (nSPS) is 10.4. The van der Waals surface area contributed by atoms with Crippen LogP contribution in [-0.4, -0.2) is 14.7 Å². The highest BCUT2D eigenvalue weighted by Gasteiger charge is 2.09. The van der Waals surface area contributed by atoms with Crippen molar-refractivity contribution >= 4 is 27.3 Å². The van der Waals surface area contributed by atoms with Crippen molar-refractivity contribution in [3.05, 3.63) is 50.7 Å². The van der Waals surface area contributed by atoms with Gasteiger partial charge in [-0.3, -0.25) is 14.8 Å². The number of nitro groups is 1. The summed E-state index contributed by atoms with van der Waals surface area (Å²) < 4.78 is 2.57. The molecular formula is C12H13BrN4O2. The van der Waals surface area contributed by atoms with Gasteiger partial charge in [-0.25, -0.2) is 0 Å². The second-order valence-electron chi connectivity index (χ2n) is 3.91. The summed E-state index contributed by atoms with van der Waals surface area (Å²) in [5.41, 5.74) is 1.94. The van der Waals surface area contributed by atoms with E-state index in [1.165, 1.54) is 12.1 Å². The van der Waals surface area contributed by atoms with Crippen molar-refractivity contribution in [3.63, 3.8) is 0 Å². The molecule has 1 heterocycles. The molecule has 1 N–H and O–H groups in total. The maximum absolute atomic E-state index is 10.6. The molecule has 1 aromatic carbocycles. The number of hydrogen-bond donors (Lipinski definition) is 1. The van der Waals surface area contributed by atoms with E-state index in [9.17, 15) is 10.1 Å². The number of anilines is 1. The lowest BCUT2D eigenvalue weighted by Crippen LogP contribution is -2.08. The van der Waals surface area contributed by atoms with Crippen LogP contribution in [0.3, 0.4) is 0 Å². The fraction of sp³-hybridized carbons (Fsp3) is 0.250. The standard InChI is InChI=1S/C12H13BrN4O2/c1-2-16-10(5-6-15-16)8-14-12-4-3-9(17(18)19)7-11(12)13/h3-7,14H,2,8H2,1H3. The van der Waals surface area contributed by atoms with Gasteiger partial charge in [-0.2, -0.15) is 5.10 Å². The van der Waals surface area contributed by atoms with Crippen LogP contribution in [0.1, 0.15) is 12.6 Å². The summed E-state index contributed by atoms with van der Waals surface area (Å²) in [6, 6.07) is 6.59. The summed E-state index contributed by atoms with van der Waals surface area (Å²) >= 11 is 3.33. The van der Waals surface area contributed by atoms with Crippen LogP contribution in [0.5, 0.6) is 0 Å². The van der Waals surface area contributed by atoms with Gasteiger partial charge in [0.15, 0.2) is 0 Å². The van der Waals surface area contributed by atoms with Crippen molar-refractivity contribution in [1.29, 1.82) is 0 Å². The van der Waals surface area contributed by atoms with Crippen molar-refractivity contribution < 1.29 is 4.92 Å². The summed E-state index contributed by atoms with van der Waals surface area (Å²) in [7, 11) is 0. The molecule has 0 bridgehead atoms. The highest BCUT2D eigenvalue weighted by molar-refractivity contribution is 9.10. The van der Waals surface area contributed by atoms with E-state index in [4.69, 9.17) is 0 Å². The Morgan fingerprint density at radius 3 is 2.89 bits per heavy atom. The lowest BCUT2D eigenvalue weighted by molar-refractivity contribution is -0.384. The van der Waals surface area contributed by atoms with Gasteiger partial charge in [0.05, 0.1) is 17.2 Å². The largest absolute Gasteiger partial charge is 0.378 e. The molecule has 0 aliphatic carbocycles. The first kappa shape index (κ1) is 13.5. The average molecular weight is 325 g/mol. The molecule has 0 radical (unpaired) electrons. The van der Waals surface area contributed by atoms with Crippen LogP contribution in [0.2, 0.25) is 0 Å². The summed E-state index contributed by atoms with van der Waals surface area (Å²) in [6.07, 6.45) is 1.76. The second-order valence-corrected chi connectivity index (χ2v) is 4.77. The molecule has 19 heavy (non-hydrogen) atoms. The van der Waals surface area contributed by atoms with E-state index in [2.05, 4.69) is 26.3 Å². The molecular weight excluding hydrogens is 312 g/mol. The maximum Gasteiger partial charge on any atom is 0.270 e. The van der Waals surface area contributed by atoms with E-state index in [1.54, 1.807) is 12.3 Å². The van der Waals surface area contributed by atoms with Gasteiger partial charge in [-0.05, 0) is 35.0 Å². The van der Waals surface area contributed by atoms with Gasteiger partial charge in [0, 0.05) is 35.0 Å². The summed E-state index contributed by atoms with van der Waals surface area (Å²) in [4.78, 5) is 10.2. The Bertz CT molecular complexity index is 597. The summed E-state index contributed by atoms with van der Waals surface area (Å²) in [6.45, 7) is 3.45. The first-order chi connectivity index (χ1) is 9.11. The average Bonchev–Trinajstić information content (AvgIpc) is 2.84. The Hall–Kier alpha value is -1.89. The van der Waals surface area contributed by atoms with Crippen molar-refractivity contribution in [1.82, 2.24) is 9.78 Å². The van der Waals surface area contributed by atoms with E-state index in [0.29, 0.717) is 11.0 Å². The Kier molecular flexibility index (Phi) is 4.16. The highest BCUT2D eigenvalue weighted by Crippen LogP contribution is 2.27. The van der Waals surface area contributed by atoms with E-state index in [-0.39, 0.29) is 5.69 Å². The molecule has 100 valence electrons. The molecule has 0 fully saturated rings. The number of aryl methyl sites for hydroxylation is 1. The number of aromatic nitrogens is 2. The van der Waals surface area contributed by atoms with Crippen LogP contribution in [0, 0.1) is 10.1 Å². The fourth-order valence-corrected chi connectivity index (χ4v) is 2.25. The predicted octanol–water partition coefficient (Wildman–Crippen LogP) is 3.19. The number of hydrogen-bond acceptors (Lipinski definition) is 4. The van der Waals surface area contributed by atoms with Crippen molar-refractivity contribution in [2.75, 3.05) is 5.32 Å². The number of nitrogens with zero attached hydrogens (tertiary/aromatic N) is 3. The molecule has 0 spiro atoms. The minimum absolute atomic E-state index is 0.0658. The van der Waals surface area contributed by atoms with Crippen LogP contribution in [0.15, 0.2) is 34.9 Å². The molecule has 0 unspecified atom stereocenters. The van der Waals surface area contributed by atoms with Crippen LogP contribution in [-0.2, 0) is 13.1 Å². The number of benzene rings is 1. The highest BCUT2D eigenvalue weighted by atomic mass is 79.9. The van der Waals surface area contributed by atoms with Gasteiger partial charge in [0.25, 0.3) is 5.69 Å². The Morgan fingerprint density at radius 2 is 2.26 bits per heavy atom. The van der Waals surface area contributed by atoms with Gasteiger partial charge in [-0.15, -0.1) is 0 Å². The molecule has 1 aromatic heterocycles. The van der Waals surface area contributed by atoms with Gasteiger partial charge in [0.1, 0.15) is 0 Å². The molecule has 6 nitrogen and oxygen atoms in total.